The standard InChI is InChI=1S/C20H18O4S/c1-14(21)18-13-19(24-15(18)2)20(16-9-5-3-6-10-16)25(22,23)17-11-7-4-8-12-17/h3-13,20H,1-2H3. The lowest BCUT2D eigenvalue weighted by Gasteiger charge is -2.16. The Hall–Kier alpha value is -2.66. The molecule has 0 amide bonds. The number of hydrogen-bond donors (Lipinski definition) is 0. The van der Waals surface area contributed by atoms with Gasteiger partial charge in [-0.05, 0) is 37.6 Å². The maximum atomic E-state index is 13.3. The van der Waals surface area contributed by atoms with Gasteiger partial charge in [-0.3, -0.25) is 4.79 Å². The Balaban J connectivity index is 2.22. The van der Waals surface area contributed by atoms with E-state index in [0.717, 1.165) is 0 Å². The first kappa shape index (κ1) is 17.2. The average molecular weight is 354 g/mol. The van der Waals surface area contributed by atoms with Gasteiger partial charge in [-0.15, -0.1) is 0 Å². The smallest absolute Gasteiger partial charge is 0.192 e. The number of furan rings is 1. The van der Waals surface area contributed by atoms with Gasteiger partial charge in [-0.25, -0.2) is 8.42 Å². The van der Waals surface area contributed by atoms with Gasteiger partial charge in [0.15, 0.2) is 15.6 Å². The van der Waals surface area contributed by atoms with Crippen molar-refractivity contribution in [2.45, 2.75) is 24.0 Å². The maximum Gasteiger partial charge on any atom is 0.192 e. The highest BCUT2D eigenvalue weighted by atomic mass is 32.2. The number of sulfone groups is 1. The zero-order valence-corrected chi connectivity index (χ0v) is 14.8. The molecule has 0 saturated carbocycles. The molecule has 128 valence electrons. The quantitative estimate of drug-likeness (QED) is 0.639. The minimum atomic E-state index is -3.74. The minimum absolute atomic E-state index is 0.156. The topological polar surface area (TPSA) is 64.3 Å². The minimum Gasteiger partial charge on any atom is -0.464 e. The van der Waals surface area contributed by atoms with E-state index < -0.39 is 15.1 Å². The van der Waals surface area contributed by atoms with Gasteiger partial charge in [0.2, 0.25) is 0 Å². The largest absolute Gasteiger partial charge is 0.464 e. The molecule has 3 rings (SSSR count). The van der Waals surface area contributed by atoms with E-state index in [9.17, 15) is 13.2 Å². The summed E-state index contributed by atoms with van der Waals surface area (Å²) in [6.07, 6.45) is 0. The molecule has 1 atom stereocenters. The van der Waals surface area contributed by atoms with Crippen LogP contribution in [0.1, 0.15) is 39.6 Å². The van der Waals surface area contributed by atoms with Crippen LogP contribution in [0.5, 0.6) is 0 Å². The van der Waals surface area contributed by atoms with Crippen molar-refractivity contribution in [1.82, 2.24) is 0 Å². The first-order chi connectivity index (χ1) is 11.9. The van der Waals surface area contributed by atoms with E-state index in [4.69, 9.17) is 4.42 Å². The fourth-order valence-corrected chi connectivity index (χ4v) is 4.60. The highest BCUT2D eigenvalue weighted by Gasteiger charge is 2.34. The van der Waals surface area contributed by atoms with E-state index in [2.05, 4.69) is 0 Å². The van der Waals surface area contributed by atoms with Crippen molar-refractivity contribution in [3.8, 4) is 0 Å². The van der Waals surface area contributed by atoms with Crippen LogP contribution in [0.25, 0.3) is 0 Å². The van der Waals surface area contributed by atoms with Crippen LogP contribution in [0.4, 0.5) is 0 Å². The van der Waals surface area contributed by atoms with E-state index >= 15 is 0 Å². The van der Waals surface area contributed by atoms with Crippen LogP contribution in [0.2, 0.25) is 0 Å². The summed E-state index contributed by atoms with van der Waals surface area (Å²) in [6, 6.07) is 18.7. The van der Waals surface area contributed by atoms with Gasteiger partial charge < -0.3 is 4.42 Å². The molecule has 0 aliphatic rings. The van der Waals surface area contributed by atoms with Crippen LogP contribution < -0.4 is 0 Å². The Labute approximate surface area is 147 Å². The third kappa shape index (κ3) is 3.28. The Morgan fingerprint density at radius 2 is 1.52 bits per heavy atom. The van der Waals surface area contributed by atoms with Crippen molar-refractivity contribution in [3.05, 3.63) is 89.4 Å². The molecule has 3 aromatic rings. The first-order valence-electron chi connectivity index (χ1n) is 7.86. The summed E-state index contributed by atoms with van der Waals surface area (Å²) in [5.41, 5.74) is 0.995. The number of Topliss-reactive ketones (excluding diaryl/α,β-unsaturated/α-hetero) is 1. The third-order valence-electron chi connectivity index (χ3n) is 4.06. The van der Waals surface area contributed by atoms with E-state index in [1.807, 2.05) is 6.07 Å². The van der Waals surface area contributed by atoms with Crippen LogP contribution in [0.3, 0.4) is 0 Å². The molecular weight excluding hydrogens is 336 g/mol. The van der Waals surface area contributed by atoms with E-state index in [0.29, 0.717) is 16.9 Å². The molecule has 2 aromatic carbocycles. The van der Waals surface area contributed by atoms with Crippen molar-refractivity contribution in [1.29, 1.82) is 0 Å². The van der Waals surface area contributed by atoms with Gasteiger partial charge in [0, 0.05) is 0 Å². The predicted molar refractivity (Wildman–Crippen MR) is 95.4 cm³/mol. The highest BCUT2D eigenvalue weighted by molar-refractivity contribution is 7.91. The summed E-state index contributed by atoms with van der Waals surface area (Å²) in [4.78, 5) is 12.0. The van der Waals surface area contributed by atoms with Crippen molar-refractivity contribution >= 4 is 15.6 Å². The lowest BCUT2D eigenvalue weighted by Crippen LogP contribution is -2.14. The Morgan fingerprint density at radius 1 is 0.960 bits per heavy atom. The molecule has 25 heavy (non-hydrogen) atoms. The molecule has 5 heteroatoms. The Morgan fingerprint density at radius 3 is 2.04 bits per heavy atom. The number of ketones is 1. The summed E-state index contributed by atoms with van der Waals surface area (Å²) >= 11 is 0. The molecule has 0 aliphatic carbocycles. The molecule has 0 saturated heterocycles. The number of carbonyl (C=O) groups is 1. The lowest BCUT2D eigenvalue weighted by atomic mass is 10.1. The van der Waals surface area contributed by atoms with E-state index in [1.54, 1.807) is 61.5 Å². The second-order valence-electron chi connectivity index (χ2n) is 5.82. The van der Waals surface area contributed by atoms with Gasteiger partial charge in [0.05, 0.1) is 10.5 Å². The van der Waals surface area contributed by atoms with Crippen LogP contribution in [0.15, 0.2) is 76.0 Å². The van der Waals surface area contributed by atoms with Crippen molar-refractivity contribution < 1.29 is 17.6 Å². The lowest BCUT2D eigenvalue weighted by molar-refractivity contribution is 0.101. The fourth-order valence-electron chi connectivity index (χ4n) is 2.85. The van der Waals surface area contributed by atoms with Gasteiger partial charge in [0.1, 0.15) is 16.8 Å². The van der Waals surface area contributed by atoms with Crippen molar-refractivity contribution in [2.75, 3.05) is 0 Å². The Kier molecular flexibility index (Phi) is 4.59. The summed E-state index contributed by atoms with van der Waals surface area (Å²) in [7, 11) is -3.74. The van der Waals surface area contributed by atoms with E-state index in [1.165, 1.54) is 13.0 Å². The fraction of sp³-hybridized carbons (Fsp3) is 0.150. The number of aryl methyl sites for hydroxylation is 1. The SMILES string of the molecule is CC(=O)c1cc(C(c2ccccc2)S(=O)(=O)c2ccccc2)oc1C. The molecule has 1 heterocycles. The summed E-state index contributed by atoms with van der Waals surface area (Å²) in [5.74, 6) is 0.515. The predicted octanol–water partition coefficient (Wildman–Crippen LogP) is 4.35. The van der Waals surface area contributed by atoms with Gasteiger partial charge in [-0.1, -0.05) is 48.5 Å². The molecule has 0 bridgehead atoms. The zero-order valence-electron chi connectivity index (χ0n) is 14.0. The Bertz CT molecular complexity index is 987. The summed E-state index contributed by atoms with van der Waals surface area (Å²) < 4.78 is 32.3. The molecule has 0 N–H and O–H groups in total. The second kappa shape index (κ2) is 6.69. The molecule has 0 spiro atoms. The first-order valence-corrected chi connectivity index (χ1v) is 9.41. The van der Waals surface area contributed by atoms with Crippen molar-refractivity contribution in [3.63, 3.8) is 0 Å². The molecular formula is C20H18O4S. The molecule has 1 aromatic heterocycles. The van der Waals surface area contributed by atoms with Crippen LogP contribution in [0, 0.1) is 6.92 Å². The number of hydrogen-bond acceptors (Lipinski definition) is 4. The van der Waals surface area contributed by atoms with Gasteiger partial charge in [0.25, 0.3) is 0 Å². The molecule has 0 aliphatic heterocycles. The normalized spacial score (nSPS) is 12.7. The van der Waals surface area contributed by atoms with Crippen LogP contribution in [-0.4, -0.2) is 14.2 Å². The van der Waals surface area contributed by atoms with Crippen molar-refractivity contribution in [2.24, 2.45) is 0 Å². The summed E-state index contributed by atoms with van der Waals surface area (Å²) in [5, 5.41) is -1.01. The zero-order chi connectivity index (χ0) is 18.0. The van der Waals surface area contributed by atoms with Gasteiger partial charge in [-0.2, -0.15) is 0 Å². The highest BCUT2D eigenvalue weighted by Crippen LogP contribution is 2.36. The number of carbonyl (C=O) groups excluding carboxylic acids is 1. The van der Waals surface area contributed by atoms with Gasteiger partial charge >= 0.3 is 0 Å². The number of benzene rings is 2. The molecule has 0 radical (unpaired) electrons. The van der Waals surface area contributed by atoms with Crippen LogP contribution in [-0.2, 0) is 9.84 Å². The molecule has 1 unspecified atom stereocenters. The van der Waals surface area contributed by atoms with E-state index in [-0.39, 0.29) is 16.4 Å². The number of rotatable bonds is 5. The molecule has 4 nitrogen and oxygen atoms in total. The third-order valence-corrected chi connectivity index (χ3v) is 6.11. The van der Waals surface area contributed by atoms with Crippen LogP contribution >= 0.6 is 0 Å². The second-order valence-corrected chi connectivity index (χ2v) is 7.86. The maximum absolute atomic E-state index is 13.3. The average Bonchev–Trinajstić information content (AvgIpc) is 2.98. The monoisotopic (exact) mass is 354 g/mol. The summed E-state index contributed by atoms with van der Waals surface area (Å²) in [6.45, 7) is 3.10. The molecule has 0 fully saturated rings.